The standard InChI is InChI=1S/C20H25N3O3S3/c1-15(20(24)22-17-8-4-5-9-18(17)27-2)28-19-11-10-16(14-21-19)29(25,26)23-12-6-3-7-13-23/h4-5,8-11,14-15H,3,6-7,12-13H2,1-2H3,(H,22,24). The number of benzene rings is 1. The molecule has 2 aromatic rings. The minimum atomic E-state index is -3.49. The Balaban J connectivity index is 1.63. The molecule has 2 heterocycles. The third kappa shape index (κ3) is 5.53. The largest absolute Gasteiger partial charge is 0.324 e. The molecule has 0 bridgehead atoms. The highest BCUT2D eigenvalue weighted by Gasteiger charge is 2.26. The lowest BCUT2D eigenvalue weighted by atomic mass is 10.2. The molecule has 1 fully saturated rings. The van der Waals surface area contributed by atoms with Crippen molar-refractivity contribution in [2.75, 3.05) is 24.7 Å². The van der Waals surface area contributed by atoms with E-state index in [9.17, 15) is 13.2 Å². The van der Waals surface area contributed by atoms with Gasteiger partial charge in [0.25, 0.3) is 0 Å². The van der Waals surface area contributed by atoms with Crippen molar-refractivity contribution in [2.24, 2.45) is 0 Å². The first-order chi connectivity index (χ1) is 13.9. The molecule has 1 N–H and O–H groups in total. The van der Waals surface area contributed by atoms with E-state index >= 15 is 0 Å². The first kappa shape index (κ1) is 22.1. The molecule has 1 unspecified atom stereocenters. The van der Waals surface area contributed by atoms with E-state index in [4.69, 9.17) is 0 Å². The zero-order valence-corrected chi connectivity index (χ0v) is 18.9. The number of rotatable bonds is 7. The number of hydrogen-bond donors (Lipinski definition) is 1. The van der Waals surface area contributed by atoms with Gasteiger partial charge in [0, 0.05) is 24.2 Å². The van der Waals surface area contributed by atoms with Crippen LogP contribution in [0.2, 0.25) is 0 Å². The first-order valence-corrected chi connectivity index (χ1v) is 13.0. The molecule has 1 aromatic heterocycles. The number of aromatic nitrogens is 1. The lowest BCUT2D eigenvalue weighted by molar-refractivity contribution is -0.115. The smallest absolute Gasteiger partial charge is 0.244 e. The average molecular weight is 452 g/mol. The van der Waals surface area contributed by atoms with Gasteiger partial charge in [-0.05, 0) is 50.3 Å². The van der Waals surface area contributed by atoms with E-state index in [2.05, 4.69) is 10.3 Å². The molecule has 1 aromatic carbocycles. The van der Waals surface area contributed by atoms with Crippen molar-refractivity contribution >= 4 is 45.1 Å². The van der Waals surface area contributed by atoms with Crippen LogP contribution in [-0.4, -0.2) is 48.2 Å². The van der Waals surface area contributed by atoms with Crippen molar-refractivity contribution in [3.8, 4) is 0 Å². The second kappa shape index (κ2) is 9.97. The third-order valence-corrected chi connectivity index (χ3v) is 8.42. The van der Waals surface area contributed by atoms with Crippen LogP contribution in [-0.2, 0) is 14.8 Å². The third-order valence-electron chi connectivity index (χ3n) is 4.69. The van der Waals surface area contributed by atoms with Crippen molar-refractivity contribution in [2.45, 2.75) is 46.3 Å². The Labute approximate surface area is 180 Å². The Bertz CT molecular complexity index is 943. The van der Waals surface area contributed by atoms with Gasteiger partial charge in [0.2, 0.25) is 15.9 Å². The number of piperidine rings is 1. The van der Waals surface area contributed by atoms with Gasteiger partial charge in [-0.2, -0.15) is 4.31 Å². The zero-order valence-electron chi connectivity index (χ0n) is 16.5. The predicted octanol–water partition coefficient (Wildman–Crippen LogP) is 4.10. The summed E-state index contributed by atoms with van der Waals surface area (Å²) in [4.78, 5) is 18.0. The molecule has 156 valence electrons. The Kier molecular flexibility index (Phi) is 7.61. The number of carbonyl (C=O) groups excluding carboxylic acids is 1. The maximum atomic E-state index is 12.7. The van der Waals surface area contributed by atoms with Crippen molar-refractivity contribution in [3.63, 3.8) is 0 Å². The summed E-state index contributed by atoms with van der Waals surface area (Å²) in [5.74, 6) is -0.122. The van der Waals surface area contributed by atoms with Gasteiger partial charge >= 0.3 is 0 Å². The molecule has 1 atom stereocenters. The number of pyridine rings is 1. The number of nitrogens with zero attached hydrogens (tertiary/aromatic N) is 2. The monoisotopic (exact) mass is 451 g/mol. The predicted molar refractivity (Wildman–Crippen MR) is 119 cm³/mol. The molecular formula is C20H25N3O3S3. The molecule has 29 heavy (non-hydrogen) atoms. The fourth-order valence-electron chi connectivity index (χ4n) is 3.06. The highest BCUT2D eigenvalue weighted by Crippen LogP contribution is 2.28. The summed E-state index contributed by atoms with van der Waals surface area (Å²) in [5, 5.41) is 3.19. The molecule has 1 saturated heterocycles. The van der Waals surface area contributed by atoms with Gasteiger partial charge in [0.1, 0.15) is 4.90 Å². The van der Waals surface area contributed by atoms with Crippen LogP contribution in [0.1, 0.15) is 26.2 Å². The summed E-state index contributed by atoms with van der Waals surface area (Å²) in [6.07, 6.45) is 6.22. The molecule has 1 aliphatic rings. The fourth-order valence-corrected chi connectivity index (χ4v) is 5.87. The summed E-state index contributed by atoms with van der Waals surface area (Å²) in [7, 11) is -3.49. The quantitative estimate of drug-likeness (QED) is 0.639. The van der Waals surface area contributed by atoms with E-state index in [0.717, 1.165) is 29.8 Å². The van der Waals surface area contributed by atoms with Crippen molar-refractivity contribution < 1.29 is 13.2 Å². The zero-order chi connectivity index (χ0) is 20.9. The lowest BCUT2D eigenvalue weighted by Crippen LogP contribution is -2.35. The van der Waals surface area contributed by atoms with Crippen LogP contribution in [0, 0.1) is 0 Å². The van der Waals surface area contributed by atoms with E-state index in [-0.39, 0.29) is 16.1 Å². The van der Waals surface area contributed by atoms with Crippen molar-refractivity contribution in [1.29, 1.82) is 0 Å². The van der Waals surface area contributed by atoms with Gasteiger partial charge in [-0.25, -0.2) is 13.4 Å². The van der Waals surface area contributed by atoms with E-state index in [1.54, 1.807) is 23.9 Å². The summed E-state index contributed by atoms with van der Waals surface area (Å²) in [6, 6.07) is 10.9. The molecule has 0 spiro atoms. The Hall–Kier alpha value is -1.55. The van der Waals surface area contributed by atoms with Gasteiger partial charge in [-0.1, -0.05) is 30.3 Å². The van der Waals surface area contributed by atoms with Crippen LogP contribution >= 0.6 is 23.5 Å². The second-order valence-electron chi connectivity index (χ2n) is 6.75. The number of amides is 1. The highest BCUT2D eigenvalue weighted by atomic mass is 32.2. The summed E-state index contributed by atoms with van der Waals surface area (Å²) in [5.41, 5.74) is 0.786. The highest BCUT2D eigenvalue weighted by molar-refractivity contribution is 8.00. The minimum absolute atomic E-state index is 0.122. The van der Waals surface area contributed by atoms with Crippen LogP contribution in [0.4, 0.5) is 5.69 Å². The number of anilines is 1. The SMILES string of the molecule is CSc1ccccc1NC(=O)C(C)Sc1ccc(S(=O)(=O)N2CCCCC2)cn1. The number of carbonyl (C=O) groups is 1. The van der Waals surface area contributed by atoms with Gasteiger partial charge in [-0.3, -0.25) is 4.79 Å². The molecule has 0 aliphatic carbocycles. The molecule has 0 radical (unpaired) electrons. The maximum Gasteiger partial charge on any atom is 0.244 e. The van der Waals surface area contributed by atoms with Crippen LogP contribution in [0.25, 0.3) is 0 Å². The Morgan fingerprint density at radius 1 is 1.14 bits per heavy atom. The minimum Gasteiger partial charge on any atom is -0.324 e. The fraction of sp³-hybridized carbons (Fsp3) is 0.400. The summed E-state index contributed by atoms with van der Waals surface area (Å²) >= 11 is 2.87. The van der Waals surface area contributed by atoms with E-state index in [0.29, 0.717) is 18.1 Å². The van der Waals surface area contributed by atoms with E-state index in [1.165, 1.54) is 22.3 Å². The Morgan fingerprint density at radius 2 is 1.86 bits per heavy atom. The van der Waals surface area contributed by atoms with E-state index in [1.807, 2.05) is 37.4 Å². The van der Waals surface area contributed by atoms with Crippen LogP contribution < -0.4 is 5.32 Å². The molecule has 1 amide bonds. The van der Waals surface area contributed by atoms with Crippen molar-refractivity contribution in [3.05, 3.63) is 42.6 Å². The number of sulfonamides is 1. The van der Waals surface area contributed by atoms with Gasteiger partial charge in [-0.15, -0.1) is 11.8 Å². The number of nitrogens with one attached hydrogen (secondary N) is 1. The summed E-state index contributed by atoms with van der Waals surface area (Å²) in [6.45, 7) is 2.93. The number of thioether (sulfide) groups is 2. The molecule has 9 heteroatoms. The number of hydrogen-bond acceptors (Lipinski definition) is 6. The molecule has 1 aliphatic heterocycles. The van der Waals surface area contributed by atoms with Crippen LogP contribution in [0.5, 0.6) is 0 Å². The molecular weight excluding hydrogens is 426 g/mol. The average Bonchev–Trinajstić information content (AvgIpc) is 2.75. The lowest BCUT2D eigenvalue weighted by Gasteiger charge is -2.25. The van der Waals surface area contributed by atoms with E-state index < -0.39 is 10.0 Å². The second-order valence-corrected chi connectivity index (χ2v) is 10.9. The summed E-state index contributed by atoms with van der Waals surface area (Å²) < 4.78 is 26.9. The van der Waals surface area contributed by atoms with Gasteiger partial charge in [0.05, 0.1) is 16.0 Å². The molecule has 3 rings (SSSR count). The Morgan fingerprint density at radius 3 is 2.52 bits per heavy atom. The normalized spacial score (nSPS) is 16.3. The molecule has 0 saturated carbocycles. The topological polar surface area (TPSA) is 79.4 Å². The van der Waals surface area contributed by atoms with Crippen molar-refractivity contribution in [1.82, 2.24) is 9.29 Å². The van der Waals surface area contributed by atoms with Gasteiger partial charge in [0.15, 0.2) is 0 Å². The van der Waals surface area contributed by atoms with Crippen LogP contribution in [0.3, 0.4) is 0 Å². The van der Waals surface area contributed by atoms with Gasteiger partial charge < -0.3 is 5.32 Å². The number of para-hydroxylation sites is 1. The molecule has 6 nitrogen and oxygen atoms in total. The van der Waals surface area contributed by atoms with Crippen LogP contribution in [0.15, 0.2) is 57.4 Å². The maximum absolute atomic E-state index is 12.7. The first-order valence-electron chi connectivity index (χ1n) is 9.48.